The molecule has 1 aromatic rings. The largest absolute Gasteiger partial charge is 0.481 e. The van der Waals surface area contributed by atoms with Gasteiger partial charge in [-0.25, -0.2) is 0 Å². The molecule has 0 spiro atoms. The summed E-state index contributed by atoms with van der Waals surface area (Å²) in [5.74, 6) is -1.26. The lowest BCUT2D eigenvalue weighted by atomic mass is 10.0. The van der Waals surface area contributed by atoms with E-state index in [9.17, 15) is 4.79 Å². The van der Waals surface area contributed by atoms with Gasteiger partial charge in [-0.3, -0.25) is 4.79 Å². The molecule has 1 N–H and O–H groups in total. The maximum absolute atomic E-state index is 10.9. The van der Waals surface area contributed by atoms with Gasteiger partial charge in [0.15, 0.2) is 8.32 Å². The summed E-state index contributed by atoms with van der Waals surface area (Å²) >= 11 is 0. The number of carbonyl (C=O) groups is 1. The SMILES string of the molecule is CC(C(=O)O)c1ccc(CO[Si](C)(C)C(C)(C)C)cc1. The van der Waals surface area contributed by atoms with Gasteiger partial charge in [0.25, 0.3) is 0 Å². The molecule has 1 aromatic carbocycles. The van der Waals surface area contributed by atoms with Crippen LogP contribution in [0.15, 0.2) is 24.3 Å². The first-order valence-electron chi connectivity index (χ1n) is 7.00. The number of aliphatic carboxylic acids is 1. The number of carboxylic acid groups (broad SMARTS) is 1. The minimum absolute atomic E-state index is 0.199. The van der Waals surface area contributed by atoms with Crippen LogP contribution in [0.2, 0.25) is 18.1 Å². The highest BCUT2D eigenvalue weighted by Gasteiger charge is 2.36. The van der Waals surface area contributed by atoms with Crippen molar-refractivity contribution in [3.63, 3.8) is 0 Å². The predicted molar refractivity (Wildman–Crippen MR) is 84.5 cm³/mol. The van der Waals surface area contributed by atoms with Gasteiger partial charge in [-0.05, 0) is 36.2 Å². The fourth-order valence-electron chi connectivity index (χ4n) is 1.53. The first-order chi connectivity index (χ1) is 9.04. The van der Waals surface area contributed by atoms with Gasteiger partial charge in [0, 0.05) is 0 Å². The molecule has 0 aromatic heterocycles. The Labute approximate surface area is 123 Å². The molecule has 0 aliphatic carbocycles. The van der Waals surface area contributed by atoms with Gasteiger partial charge >= 0.3 is 5.97 Å². The molecule has 0 radical (unpaired) electrons. The van der Waals surface area contributed by atoms with E-state index in [1.807, 2.05) is 24.3 Å². The molecule has 0 amide bonds. The zero-order valence-electron chi connectivity index (χ0n) is 13.4. The van der Waals surface area contributed by atoms with Crippen molar-refractivity contribution < 1.29 is 14.3 Å². The Bertz CT molecular complexity index is 458. The predicted octanol–water partition coefficient (Wildman–Crippen LogP) is 4.40. The molecule has 1 unspecified atom stereocenters. The summed E-state index contributed by atoms with van der Waals surface area (Å²) in [7, 11) is -1.74. The van der Waals surface area contributed by atoms with Crippen LogP contribution in [0.3, 0.4) is 0 Å². The lowest BCUT2D eigenvalue weighted by molar-refractivity contribution is -0.138. The Balaban J connectivity index is 2.70. The third-order valence-electron chi connectivity index (χ3n) is 4.26. The summed E-state index contributed by atoms with van der Waals surface area (Å²) in [5.41, 5.74) is 1.92. The Hall–Kier alpha value is -1.13. The standard InChI is InChI=1S/C16H26O3Si/c1-12(15(17)18)14-9-7-13(8-10-14)11-19-20(5,6)16(2,3)4/h7-10,12H,11H2,1-6H3,(H,17,18). The van der Waals surface area contributed by atoms with Crippen LogP contribution >= 0.6 is 0 Å². The Kier molecular flexibility index (Phi) is 5.16. The lowest BCUT2D eigenvalue weighted by Crippen LogP contribution is -2.40. The third kappa shape index (κ3) is 4.18. The van der Waals surface area contributed by atoms with E-state index in [1.54, 1.807) is 6.92 Å². The zero-order valence-corrected chi connectivity index (χ0v) is 14.4. The zero-order chi connectivity index (χ0) is 15.6. The molecule has 0 aliphatic rings. The normalized spacial score (nSPS) is 14.1. The van der Waals surface area contributed by atoms with Gasteiger partial charge in [0.2, 0.25) is 0 Å². The monoisotopic (exact) mass is 294 g/mol. The van der Waals surface area contributed by atoms with Crippen molar-refractivity contribution in [1.82, 2.24) is 0 Å². The van der Waals surface area contributed by atoms with Gasteiger partial charge < -0.3 is 9.53 Å². The number of carboxylic acids is 1. The molecule has 0 bridgehead atoms. The highest BCUT2D eigenvalue weighted by molar-refractivity contribution is 6.74. The molecule has 0 fully saturated rings. The van der Waals surface area contributed by atoms with Crippen LogP contribution in [0.4, 0.5) is 0 Å². The molecule has 20 heavy (non-hydrogen) atoms. The van der Waals surface area contributed by atoms with Crippen LogP contribution in [0.5, 0.6) is 0 Å². The van der Waals surface area contributed by atoms with Crippen molar-refractivity contribution in [2.24, 2.45) is 0 Å². The van der Waals surface area contributed by atoms with Crippen molar-refractivity contribution in [3.05, 3.63) is 35.4 Å². The molecular formula is C16H26O3Si. The van der Waals surface area contributed by atoms with Crippen LogP contribution in [-0.2, 0) is 15.8 Å². The van der Waals surface area contributed by atoms with Crippen LogP contribution in [0, 0.1) is 0 Å². The molecule has 0 saturated heterocycles. The Morgan fingerprint density at radius 3 is 2.15 bits per heavy atom. The van der Waals surface area contributed by atoms with E-state index in [2.05, 4.69) is 33.9 Å². The maximum Gasteiger partial charge on any atom is 0.310 e. The smallest absolute Gasteiger partial charge is 0.310 e. The molecule has 1 atom stereocenters. The number of hydrogen-bond acceptors (Lipinski definition) is 2. The summed E-state index contributed by atoms with van der Waals surface area (Å²) in [5, 5.41) is 9.18. The molecule has 4 heteroatoms. The highest BCUT2D eigenvalue weighted by atomic mass is 28.4. The van der Waals surface area contributed by atoms with Crippen molar-refractivity contribution in [2.45, 2.75) is 58.4 Å². The second kappa shape index (κ2) is 6.10. The number of hydrogen-bond donors (Lipinski definition) is 1. The van der Waals surface area contributed by atoms with E-state index in [0.29, 0.717) is 6.61 Å². The Morgan fingerprint density at radius 1 is 1.25 bits per heavy atom. The first-order valence-corrected chi connectivity index (χ1v) is 9.91. The quantitative estimate of drug-likeness (QED) is 0.819. The van der Waals surface area contributed by atoms with Crippen molar-refractivity contribution >= 4 is 14.3 Å². The second-order valence-corrected chi connectivity index (χ2v) is 11.7. The van der Waals surface area contributed by atoms with Crippen molar-refractivity contribution in [2.75, 3.05) is 0 Å². The highest BCUT2D eigenvalue weighted by Crippen LogP contribution is 2.37. The van der Waals surface area contributed by atoms with Crippen LogP contribution in [0.1, 0.15) is 44.7 Å². The molecular weight excluding hydrogens is 268 g/mol. The summed E-state index contributed by atoms with van der Waals surface area (Å²) in [6, 6.07) is 7.68. The fraction of sp³-hybridized carbons (Fsp3) is 0.562. The molecule has 112 valence electrons. The van der Waals surface area contributed by atoms with E-state index >= 15 is 0 Å². The molecule has 0 aliphatic heterocycles. The second-order valence-electron chi connectivity index (χ2n) is 6.85. The van der Waals surface area contributed by atoms with Crippen LogP contribution in [-0.4, -0.2) is 19.4 Å². The van der Waals surface area contributed by atoms with Gasteiger partial charge in [0.05, 0.1) is 12.5 Å². The minimum atomic E-state index is -1.74. The number of rotatable bonds is 5. The van der Waals surface area contributed by atoms with Gasteiger partial charge in [-0.2, -0.15) is 0 Å². The van der Waals surface area contributed by atoms with E-state index in [-0.39, 0.29) is 5.04 Å². The maximum atomic E-state index is 10.9. The molecule has 0 saturated carbocycles. The average molecular weight is 294 g/mol. The van der Waals surface area contributed by atoms with Gasteiger partial charge in [-0.15, -0.1) is 0 Å². The van der Waals surface area contributed by atoms with Gasteiger partial charge in [0.1, 0.15) is 0 Å². The topological polar surface area (TPSA) is 46.5 Å². The van der Waals surface area contributed by atoms with E-state index in [1.165, 1.54) is 0 Å². The number of benzene rings is 1. The van der Waals surface area contributed by atoms with Crippen LogP contribution < -0.4 is 0 Å². The van der Waals surface area contributed by atoms with E-state index in [0.717, 1.165) is 11.1 Å². The van der Waals surface area contributed by atoms with Crippen molar-refractivity contribution in [3.8, 4) is 0 Å². The summed E-state index contributed by atoms with van der Waals surface area (Å²) < 4.78 is 6.15. The van der Waals surface area contributed by atoms with Crippen molar-refractivity contribution in [1.29, 1.82) is 0 Å². The van der Waals surface area contributed by atoms with E-state index in [4.69, 9.17) is 9.53 Å². The summed E-state index contributed by atoms with van der Waals surface area (Å²) in [6.45, 7) is 13.4. The molecule has 0 heterocycles. The first kappa shape index (κ1) is 16.9. The molecule has 3 nitrogen and oxygen atoms in total. The van der Waals surface area contributed by atoms with Crippen LogP contribution in [0.25, 0.3) is 0 Å². The Morgan fingerprint density at radius 2 is 1.75 bits per heavy atom. The molecule has 1 rings (SSSR count). The third-order valence-corrected chi connectivity index (χ3v) is 8.73. The fourth-order valence-corrected chi connectivity index (χ4v) is 2.49. The van der Waals surface area contributed by atoms with Gasteiger partial charge in [-0.1, -0.05) is 45.0 Å². The summed E-state index contributed by atoms with van der Waals surface area (Å²) in [6.07, 6.45) is 0. The summed E-state index contributed by atoms with van der Waals surface area (Å²) in [4.78, 5) is 10.9. The average Bonchev–Trinajstić information content (AvgIpc) is 2.34. The minimum Gasteiger partial charge on any atom is -0.481 e. The lowest BCUT2D eigenvalue weighted by Gasteiger charge is -2.36. The van der Waals surface area contributed by atoms with E-state index < -0.39 is 20.2 Å².